The van der Waals surface area contributed by atoms with Gasteiger partial charge in [0.15, 0.2) is 0 Å². The van der Waals surface area contributed by atoms with Crippen molar-refractivity contribution in [2.45, 2.75) is 31.9 Å². The molecule has 0 aliphatic heterocycles. The van der Waals surface area contributed by atoms with E-state index in [4.69, 9.17) is 10.7 Å². The zero-order chi connectivity index (χ0) is 11.0. The zero-order valence-electron chi connectivity index (χ0n) is 8.24. The van der Waals surface area contributed by atoms with E-state index in [-0.39, 0.29) is 11.2 Å². The number of hydrogen-bond acceptors (Lipinski definition) is 4. The summed E-state index contributed by atoms with van der Waals surface area (Å²) >= 11 is 1.39. The minimum atomic E-state index is -3.47. The van der Waals surface area contributed by atoms with Crippen LogP contribution in [0.4, 0.5) is 0 Å². The SMILES string of the molecule is CC(C)(C)c1ncc(CS(=O)(=O)Cl)s1. The van der Waals surface area contributed by atoms with Gasteiger partial charge in [0.25, 0.3) is 0 Å². The number of thiazole rings is 1. The van der Waals surface area contributed by atoms with Gasteiger partial charge in [0.05, 0.1) is 5.01 Å². The predicted octanol–water partition coefficient (Wildman–Crippen LogP) is 2.51. The van der Waals surface area contributed by atoms with Crippen molar-refractivity contribution in [1.82, 2.24) is 4.98 Å². The van der Waals surface area contributed by atoms with Crippen LogP contribution in [0.5, 0.6) is 0 Å². The number of aromatic nitrogens is 1. The van der Waals surface area contributed by atoms with Crippen LogP contribution in [0.1, 0.15) is 30.7 Å². The molecule has 3 nitrogen and oxygen atoms in total. The summed E-state index contributed by atoms with van der Waals surface area (Å²) in [7, 11) is 1.68. The molecule has 0 fully saturated rings. The first-order valence-corrected chi connectivity index (χ1v) is 7.35. The Morgan fingerprint density at radius 3 is 2.43 bits per heavy atom. The van der Waals surface area contributed by atoms with Crippen LogP contribution >= 0.6 is 22.0 Å². The molecule has 1 aromatic rings. The summed E-state index contributed by atoms with van der Waals surface area (Å²) in [4.78, 5) is 4.85. The Morgan fingerprint density at radius 1 is 1.50 bits per heavy atom. The van der Waals surface area contributed by atoms with E-state index in [1.807, 2.05) is 20.8 Å². The van der Waals surface area contributed by atoms with Crippen molar-refractivity contribution in [3.8, 4) is 0 Å². The third kappa shape index (κ3) is 3.55. The summed E-state index contributed by atoms with van der Waals surface area (Å²) < 4.78 is 21.6. The molecule has 1 aromatic heterocycles. The smallest absolute Gasteiger partial charge is 0.237 e. The molecule has 0 aliphatic carbocycles. The maximum atomic E-state index is 10.8. The minimum absolute atomic E-state index is 0.0427. The normalized spacial score (nSPS) is 13.1. The summed E-state index contributed by atoms with van der Waals surface area (Å²) in [5, 5.41) is 0.924. The monoisotopic (exact) mass is 253 g/mol. The molecule has 0 atom stereocenters. The third-order valence-corrected chi connectivity index (χ3v) is 4.10. The van der Waals surface area contributed by atoms with Crippen molar-refractivity contribution in [2.75, 3.05) is 0 Å². The second-order valence-electron chi connectivity index (χ2n) is 4.06. The van der Waals surface area contributed by atoms with E-state index in [0.717, 1.165) is 5.01 Å². The molecule has 0 amide bonds. The Morgan fingerprint density at radius 2 is 2.07 bits per heavy atom. The van der Waals surface area contributed by atoms with Crippen molar-refractivity contribution < 1.29 is 8.42 Å². The van der Waals surface area contributed by atoms with Crippen molar-refractivity contribution in [2.24, 2.45) is 0 Å². The van der Waals surface area contributed by atoms with Gasteiger partial charge in [-0.05, 0) is 0 Å². The van der Waals surface area contributed by atoms with Crippen LogP contribution in [0.2, 0.25) is 0 Å². The second kappa shape index (κ2) is 3.79. The third-order valence-electron chi connectivity index (χ3n) is 1.51. The minimum Gasteiger partial charge on any atom is -0.249 e. The first-order valence-electron chi connectivity index (χ1n) is 4.06. The fraction of sp³-hybridized carbons (Fsp3) is 0.625. The molecule has 0 bridgehead atoms. The molecule has 80 valence electrons. The van der Waals surface area contributed by atoms with Crippen LogP contribution in [-0.4, -0.2) is 13.4 Å². The van der Waals surface area contributed by atoms with Gasteiger partial charge in [-0.2, -0.15) is 0 Å². The molecule has 0 unspecified atom stereocenters. The van der Waals surface area contributed by atoms with Crippen molar-refractivity contribution in [1.29, 1.82) is 0 Å². The lowest BCUT2D eigenvalue weighted by Gasteiger charge is -2.13. The number of hydrogen-bond donors (Lipinski definition) is 0. The van der Waals surface area contributed by atoms with Gasteiger partial charge in [-0.3, -0.25) is 0 Å². The fourth-order valence-electron chi connectivity index (χ4n) is 0.891. The van der Waals surface area contributed by atoms with Gasteiger partial charge in [0.2, 0.25) is 9.05 Å². The van der Waals surface area contributed by atoms with E-state index in [0.29, 0.717) is 4.88 Å². The lowest BCUT2D eigenvalue weighted by Crippen LogP contribution is -2.09. The summed E-state index contributed by atoms with van der Waals surface area (Å²) in [5.41, 5.74) is -0.0427. The average Bonchev–Trinajstić information content (AvgIpc) is 2.29. The van der Waals surface area contributed by atoms with Gasteiger partial charge in [-0.25, -0.2) is 13.4 Å². The van der Waals surface area contributed by atoms with Crippen LogP contribution in [0.3, 0.4) is 0 Å². The van der Waals surface area contributed by atoms with Gasteiger partial charge in [0, 0.05) is 27.2 Å². The fourth-order valence-corrected chi connectivity index (χ4v) is 3.32. The van der Waals surface area contributed by atoms with E-state index in [2.05, 4.69) is 4.98 Å². The molecule has 0 N–H and O–H groups in total. The molecule has 0 radical (unpaired) electrons. The molecule has 0 spiro atoms. The van der Waals surface area contributed by atoms with E-state index < -0.39 is 9.05 Å². The summed E-state index contributed by atoms with van der Waals surface area (Å²) in [6, 6.07) is 0. The van der Waals surface area contributed by atoms with Gasteiger partial charge in [-0.15, -0.1) is 11.3 Å². The van der Waals surface area contributed by atoms with Crippen LogP contribution in [0, 0.1) is 0 Å². The van der Waals surface area contributed by atoms with Crippen molar-refractivity contribution in [3.63, 3.8) is 0 Å². The molecular weight excluding hydrogens is 242 g/mol. The predicted molar refractivity (Wildman–Crippen MR) is 59.3 cm³/mol. The average molecular weight is 254 g/mol. The van der Waals surface area contributed by atoms with Crippen LogP contribution in [-0.2, 0) is 20.2 Å². The lowest BCUT2D eigenvalue weighted by atomic mass is 9.98. The maximum Gasteiger partial charge on any atom is 0.237 e. The molecule has 1 heterocycles. The van der Waals surface area contributed by atoms with Gasteiger partial charge in [-0.1, -0.05) is 20.8 Å². The molecule has 0 saturated carbocycles. The van der Waals surface area contributed by atoms with E-state index in [1.54, 1.807) is 6.20 Å². The quantitative estimate of drug-likeness (QED) is 0.761. The topological polar surface area (TPSA) is 47.0 Å². The molecule has 14 heavy (non-hydrogen) atoms. The first-order chi connectivity index (χ1) is 6.18. The van der Waals surface area contributed by atoms with Gasteiger partial charge in [0.1, 0.15) is 5.75 Å². The van der Waals surface area contributed by atoms with E-state index in [1.165, 1.54) is 11.3 Å². The molecule has 0 aliphatic rings. The Bertz CT molecular complexity index is 417. The highest BCUT2D eigenvalue weighted by atomic mass is 35.7. The van der Waals surface area contributed by atoms with Gasteiger partial charge < -0.3 is 0 Å². The first kappa shape index (κ1) is 11.9. The maximum absolute atomic E-state index is 10.8. The zero-order valence-corrected chi connectivity index (χ0v) is 10.6. The molecule has 6 heteroatoms. The summed E-state index contributed by atoms with van der Waals surface area (Å²) in [6.45, 7) is 6.10. The number of nitrogens with zero attached hydrogens (tertiary/aromatic N) is 1. The highest BCUT2D eigenvalue weighted by Crippen LogP contribution is 2.27. The lowest BCUT2D eigenvalue weighted by molar-refractivity contribution is 0.585. The van der Waals surface area contributed by atoms with Gasteiger partial charge >= 0.3 is 0 Å². The Kier molecular flexibility index (Phi) is 3.23. The highest BCUT2D eigenvalue weighted by molar-refractivity contribution is 8.13. The standard InChI is InChI=1S/C8H12ClNO2S2/c1-8(2,3)7-10-4-6(13-7)5-14(9,11)12/h4H,5H2,1-3H3. The molecule has 0 saturated heterocycles. The largest absolute Gasteiger partial charge is 0.249 e. The van der Waals surface area contributed by atoms with E-state index in [9.17, 15) is 8.42 Å². The van der Waals surface area contributed by atoms with Crippen LogP contribution in [0.25, 0.3) is 0 Å². The molecular formula is C8H12ClNO2S2. The Balaban J connectivity index is 2.90. The van der Waals surface area contributed by atoms with Crippen LogP contribution in [0.15, 0.2) is 6.20 Å². The molecule has 1 rings (SSSR count). The summed E-state index contributed by atoms with van der Waals surface area (Å²) in [6.07, 6.45) is 1.57. The molecule has 0 aromatic carbocycles. The Hall–Kier alpha value is -0.130. The van der Waals surface area contributed by atoms with E-state index >= 15 is 0 Å². The number of rotatable bonds is 2. The van der Waals surface area contributed by atoms with Crippen molar-refractivity contribution in [3.05, 3.63) is 16.1 Å². The van der Waals surface area contributed by atoms with Crippen LogP contribution < -0.4 is 0 Å². The second-order valence-corrected chi connectivity index (χ2v) is 7.96. The van der Waals surface area contributed by atoms with Crippen molar-refractivity contribution >= 4 is 31.1 Å². The number of halogens is 1. The summed E-state index contributed by atoms with van der Waals surface area (Å²) in [5.74, 6) is -0.137. The highest BCUT2D eigenvalue weighted by Gasteiger charge is 2.19. The Labute approximate surface area is 92.5 Å².